The highest BCUT2D eigenvalue weighted by molar-refractivity contribution is 7.90. The highest BCUT2D eigenvalue weighted by Crippen LogP contribution is 2.70. The molecule has 2 bridgehead atoms. The molecule has 0 aromatic heterocycles. The third-order valence-corrected chi connectivity index (χ3v) is 12.7. The lowest BCUT2D eigenvalue weighted by Gasteiger charge is -2.39. The molecule has 1 aromatic rings. The number of carbonyl (C=O) groups excluding carboxylic acids is 1. The molecular weight excluding hydrogens is 420 g/mol. The zero-order chi connectivity index (χ0) is 22.5. The van der Waals surface area contributed by atoms with Gasteiger partial charge < -0.3 is 0 Å². The number of amides is 1. The number of rotatable bonds is 3. The first-order chi connectivity index (χ1) is 15.1. The van der Waals surface area contributed by atoms with Gasteiger partial charge >= 0.3 is 0 Å². The van der Waals surface area contributed by atoms with Crippen molar-refractivity contribution in [3.05, 3.63) is 35.9 Å². The SMILES string of the molecule is C[C@H](c1ccccc1)N1C[C@H]2CCC[C@@]2(C(=O)N2[C@@H]3C[C@H]4CC[C@]3(CS2(=O)=O)C4(C)C)C1. The number of nitrogens with zero attached hydrogens (tertiary/aromatic N) is 2. The third kappa shape index (κ3) is 2.49. The van der Waals surface area contributed by atoms with Crippen LogP contribution in [0.4, 0.5) is 0 Å². The molecule has 6 rings (SSSR count). The Morgan fingerprint density at radius 2 is 1.84 bits per heavy atom. The molecule has 2 saturated heterocycles. The van der Waals surface area contributed by atoms with Crippen LogP contribution in [-0.2, 0) is 14.8 Å². The van der Waals surface area contributed by atoms with Crippen molar-refractivity contribution in [1.29, 1.82) is 0 Å². The van der Waals surface area contributed by atoms with E-state index in [4.69, 9.17) is 0 Å². The lowest BCUT2D eigenvalue weighted by molar-refractivity contribution is -0.140. The van der Waals surface area contributed by atoms with Crippen LogP contribution in [0.3, 0.4) is 0 Å². The van der Waals surface area contributed by atoms with Crippen molar-refractivity contribution in [2.45, 2.75) is 71.4 Å². The maximum Gasteiger partial charge on any atom is 0.244 e. The number of benzene rings is 1. The molecule has 1 amide bonds. The van der Waals surface area contributed by atoms with Gasteiger partial charge in [0.2, 0.25) is 15.9 Å². The van der Waals surface area contributed by atoms with Crippen molar-refractivity contribution >= 4 is 15.9 Å². The van der Waals surface area contributed by atoms with Crippen LogP contribution in [0.2, 0.25) is 0 Å². The molecule has 5 nitrogen and oxygen atoms in total. The van der Waals surface area contributed by atoms with E-state index in [9.17, 15) is 13.2 Å². The van der Waals surface area contributed by atoms with Crippen LogP contribution >= 0.6 is 0 Å². The van der Waals surface area contributed by atoms with Crippen molar-refractivity contribution in [1.82, 2.24) is 9.21 Å². The van der Waals surface area contributed by atoms with Gasteiger partial charge in [-0.05, 0) is 61.8 Å². The molecule has 174 valence electrons. The average Bonchev–Trinajstić information content (AvgIpc) is 3.47. The highest BCUT2D eigenvalue weighted by Gasteiger charge is 2.73. The summed E-state index contributed by atoms with van der Waals surface area (Å²) >= 11 is 0. The molecule has 6 atom stereocenters. The lowest BCUT2D eigenvalue weighted by atomic mass is 9.68. The second kappa shape index (κ2) is 6.59. The normalized spacial score (nSPS) is 42.2. The molecule has 5 fully saturated rings. The summed E-state index contributed by atoms with van der Waals surface area (Å²) in [7, 11) is -3.57. The summed E-state index contributed by atoms with van der Waals surface area (Å²) in [5.74, 6) is 0.908. The predicted molar refractivity (Wildman–Crippen MR) is 124 cm³/mol. The number of likely N-dealkylation sites (tertiary alicyclic amines) is 1. The largest absolute Gasteiger partial charge is 0.295 e. The molecule has 2 aliphatic heterocycles. The number of sulfonamides is 1. The molecule has 1 spiro atoms. The molecule has 0 unspecified atom stereocenters. The van der Waals surface area contributed by atoms with Gasteiger partial charge in [-0.1, -0.05) is 50.6 Å². The first-order valence-corrected chi connectivity index (χ1v) is 14.1. The first-order valence-electron chi connectivity index (χ1n) is 12.5. The quantitative estimate of drug-likeness (QED) is 0.683. The van der Waals surface area contributed by atoms with E-state index < -0.39 is 15.4 Å². The number of fused-ring (bicyclic) bond motifs is 2. The maximum atomic E-state index is 14.3. The second-order valence-corrected chi connectivity index (χ2v) is 13.8. The average molecular weight is 457 g/mol. The predicted octanol–water partition coefficient (Wildman–Crippen LogP) is 4.22. The summed E-state index contributed by atoms with van der Waals surface area (Å²) in [4.78, 5) is 16.7. The van der Waals surface area contributed by atoms with Gasteiger partial charge in [-0.15, -0.1) is 0 Å². The monoisotopic (exact) mass is 456 g/mol. The zero-order valence-corrected chi connectivity index (χ0v) is 20.4. The van der Waals surface area contributed by atoms with E-state index in [0.717, 1.165) is 45.1 Å². The third-order valence-electron chi connectivity index (χ3n) is 10.8. The minimum absolute atomic E-state index is 0.00392. The van der Waals surface area contributed by atoms with Crippen molar-refractivity contribution in [3.63, 3.8) is 0 Å². The number of hydrogen-bond donors (Lipinski definition) is 0. The fourth-order valence-electron chi connectivity index (χ4n) is 8.69. The van der Waals surface area contributed by atoms with Crippen LogP contribution in [0.1, 0.15) is 70.9 Å². The molecule has 1 aromatic carbocycles. The second-order valence-electron chi connectivity index (χ2n) is 12.0. The standard InChI is InChI=1S/C26H36N2O3S/c1-18(19-8-5-4-6-9-19)27-15-21-10-7-12-25(21,16-27)23(29)28-22-14-20-11-13-26(22,24(20,2)3)17-32(28,30)31/h4-6,8-9,18,20-22H,7,10-17H2,1-3H3/t18-,20-,21-,22-,25-,26-/m1/s1. The van der Waals surface area contributed by atoms with Crippen molar-refractivity contribution < 1.29 is 13.2 Å². The van der Waals surface area contributed by atoms with E-state index >= 15 is 0 Å². The van der Waals surface area contributed by atoms with Gasteiger partial charge in [0.1, 0.15) is 0 Å². The molecule has 32 heavy (non-hydrogen) atoms. The lowest BCUT2D eigenvalue weighted by Crippen LogP contribution is -2.52. The van der Waals surface area contributed by atoms with Crippen molar-refractivity contribution in [3.8, 4) is 0 Å². The molecule has 2 heterocycles. The molecule has 0 N–H and O–H groups in total. The Balaban J connectivity index is 1.34. The Labute approximate surface area is 192 Å². The Hall–Kier alpha value is -1.40. The Morgan fingerprint density at radius 1 is 1.09 bits per heavy atom. The van der Waals surface area contributed by atoms with E-state index in [1.54, 1.807) is 0 Å². The Morgan fingerprint density at radius 3 is 2.56 bits per heavy atom. The summed E-state index contributed by atoms with van der Waals surface area (Å²) in [6, 6.07) is 10.6. The van der Waals surface area contributed by atoms with Crippen LogP contribution < -0.4 is 0 Å². The smallest absolute Gasteiger partial charge is 0.244 e. The minimum atomic E-state index is -3.57. The Bertz CT molecular complexity index is 1050. The summed E-state index contributed by atoms with van der Waals surface area (Å²) in [5, 5.41) is 0. The van der Waals surface area contributed by atoms with Crippen molar-refractivity contribution in [2.75, 3.05) is 18.8 Å². The molecule has 0 radical (unpaired) electrons. The van der Waals surface area contributed by atoms with Gasteiger partial charge in [0.15, 0.2) is 0 Å². The molecule has 3 aliphatic carbocycles. The number of carbonyl (C=O) groups is 1. The fraction of sp³-hybridized carbons (Fsp3) is 0.731. The van der Waals surface area contributed by atoms with Gasteiger partial charge in [0.25, 0.3) is 0 Å². The van der Waals surface area contributed by atoms with E-state index in [1.165, 1.54) is 9.87 Å². The number of hydrogen-bond acceptors (Lipinski definition) is 4. The maximum absolute atomic E-state index is 14.3. The fourth-order valence-corrected chi connectivity index (χ4v) is 11.3. The summed E-state index contributed by atoms with van der Waals surface area (Å²) in [6.45, 7) is 8.30. The molecule has 5 aliphatic rings. The zero-order valence-electron chi connectivity index (χ0n) is 19.6. The molecule has 3 saturated carbocycles. The van der Waals surface area contributed by atoms with Gasteiger partial charge in [0, 0.05) is 24.5 Å². The summed E-state index contributed by atoms with van der Waals surface area (Å²) in [6.07, 6.45) is 5.81. The molecular formula is C26H36N2O3S. The van der Waals surface area contributed by atoms with Crippen molar-refractivity contribution in [2.24, 2.45) is 28.1 Å². The summed E-state index contributed by atoms with van der Waals surface area (Å²) < 4.78 is 28.6. The van der Waals surface area contributed by atoms with Gasteiger partial charge in [-0.2, -0.15) is 0 Å². The first kappa shape index (κ1) is 21.2. The highest BCUT2D eigenvalue weighted by atomic mass is 32.2. The van der Waals surface area contributed by atoms with Crippen LogP contribution in [-0.4, -0.2) is 48.4 Å². The van der Waals surface area contributed by atoms with Crippen LogP contribution in [0.5, 0.6) is 0 Å². The molecule has 6 heteroatoms. The Kier molecular flexibility index (Phi) is 4.36. The van der Waals surface area contributed by atoms with Crippen LogP contribution in [0.15, 0.2) is 30.3 Å². The van der Waals surface area contributed by atoms with Gasteiger partial charge in [0.05, 0.1) is 17.2 Å². The van der Waals surface area contributed by atoms with Crippen LogP contribution in [0.25, 0.3) is 0 Å². The summed E-state index contributed by atoms with van der Waals surface area (Å²) in [5.41, 5.74) is 0.480. The van der Waals surface area contributed by atoms with Crippen LogP contribution in [0, 0.1) is 28.1 Å². The van der Waals surface area contributed by atoms with Gasteiger partial charge in [-0.25, -0.2) is 12.7 Å². The van der Waals surface area contributed by atoms with E-state index in [2.05, 4.69) is 49.9 Å². The minimum Gasteiger partial charge on any atom is -0.295 e. The van der Waals surface area contributed by atoms with E-state index in [0.29, 0.717) is 12.5 Å². The van der Waals surface area contributed by atoms with E-state index in [1.807, 2.05) is 6.07 Å². The van der Waals surface area contributed by atoms with E-state index in [-0.39, 0.29) is 40.5 Å². The van der Waals surface area contributed by atoms with Gasteiger partial charge in [-0.3, -0.25) is 9.69 Å². The topological polar surface area (TPSA) is 57.7 Å².